The lowest BCUT2D eigenvalue weighted by Gasteiger charge is -2.17. The van der Waals surface area contributed by atoms with Crippen molar-refractivity contribution in [1.29, 1.82) is 5.26 Å². The van der Waals surface area contributed by atoms with Crippen LogP contribution in [0.15, 0.2) is 35.9 Å². The molecule has 148 valence electrons. The van der Waals surface area contributed by atoms with E-state index in [0.717, 1.165) is 22.5 Å². The molecule has 2 unspecified atom stereocenters. The fraction of sp³-hybridized carbons (Fsp3) is 0.364. The van der Waals surface area contributed by atoms with E-state index in [9.17, 15) is 10.1 Å². The number of halogens is 1. The highest BCUT2D eigenvalue weighted by atomic mass is 35.5. The number of carbonyl (C=O) groups is 1. The minimum Gasteiger partial charge on any atom is -0.383 e. The Labute approximate surface area is 171 Å². The van der Waals surface area contributed by atoms with Gasteiger partial charge in [0.05, 0.1) is 18.7 Å². The molecule has 0 saturated carbocycles. The van der Waals surface area contributed by atoms with Crippen molar-refractivity contribution in [3.63, 3.8) is 0 Å². The van der Waals surface area contributed by atoms with E-state index in [4.69, 9.17) is 16.3 Å². The van der Waals surface area contributed by atoms with E-state index in [1.165, 1.54) is 0 Å². The van der Waals surface area contributed by atoms with Crippen LogP contribution in [0.25, 0.3) is 6.08 Å². The van der Waals surface area contributed by atoms with Crippen molar-refractivity contribution in [3.05, 3.63) is 63.4 Å². The smallest absolute Gasteiger partial charge is 0.262 e. The van der Waals surface area contributed by atoms with E-state index in [1.807, 2.05) is 45.0 Å². The summed E-state index contributed by atoms with van der Waals surface area (Å²) >= 11 is 5.91. The first-order chi connectivity index (χ1) is 13.3. The van der Waals surface area contributed by atoms with Gasteiger partial charge in [-0.1, -0.05) is 23.7 Å². The van der Waals surface area contributed by atoms with E-state index in [0.29, 0.717) is 11.6 Å². The second-order valence-corrected chi connectivity index (χ2v) is 7.35. The summed E-state index contributed by atoms with van der Waals surface area (Å²) in [6, 6.07) is 11.2. The van der Waals surface area contributed by atoms with E-state index >= 15 is 0 Å². The Balaban J connectivity index is 2.23. The Morgan fingerprint density at radius 2 is 1.96 bits per heavy atom. The van der Waals surface area contributed by atoms with Gasteiger partial charge in [0, 0.05) is 23.5 Å². The molecular weight excluding hydrogens is 374 g/mol. The monoisotopic (exact) mass is 399 g/mol. The topological polar surface area (TPSA) is 67.0 Å². The summed E-state index contributed by atoms with van der Waals surface area (Å²) in [4.78, 5) is 12.6. The molecule has 0 aliphatic rings. The van der Waals surface area contributed by atoms with Gasteiger partial charge in [-0.2, -0.15) is 5.26 Å². The number of aromatic nitrogens is 1. The number of carbonyl (C=O) groups excluding carboxylic acids is 1. The van der Waals surface area contributed by atoms with Crippen LogP contribution in [-0.4, -0.2) is 24.2 Å². The van der Waals surface area contributed by atoms with Gasteiger partial charge in [0.25, 0.3) is 5.91 Å². The number of hydrogen-bond acceptors (Lipinski definition) is 3. The average molecular weight is 400 g/mol. The first-order valence-corrected chi connectivity index (χ1v) is 9.51. The number of nitrogens with one attached hydrogen (secondary N) is 1. The highest BCUT2D eigenvalue weighted by Gasteiger charge is 2.17. The first kappa shape index (κ1) is 21.7. The Hall–Kier alpha value is -2.55. The Bertz CT molecular complexity index is 907. The molecule has 2 rings (SSSR count). The van der Waals surface area contributed by atoms with Crippen LogP contribution in [0.5, 0.6) is 0 Å². The second-order valence-electron chi connectivity index (χ2n) is 6.92. The standard InChI is InChI=1S/C22H26ClN3O2/c1-14-10-19(17(4)26(14)15(2)13-28-5)11-20(12-24)22(27)25-16(3)18-6-8-21(23)9-7-18/h6-11,15-16H,13H2,1-5H3,(H,25,27)/b20-11+. The number of hydrogen-bond donors (Lipinski definition) is 1. The van der Waals surface area contributed by atoms with Gasteiger partial charge >= 0.3 is 0 Å². The number of amides is 1. The van der Waals surface area contributed by atoms with E-state index in [2.05, 4.69) is 16.8 Å². The zero-order chi connectivity index (χ0) is 20.8. The summed E-state index contributed by atoms with van der Waals surface area (Å²) in [5.74, 6) is -0.403. The number of ether oxygens (including phenoxy) is 1. The second kappa shape index (κ2) is 9.59. The molecule has 0 fully saturated rings. The summed E-state index contributed by atoms with van der Waals surface area (Å²) in [5, 5.41) is 13.0. The minimum absolute atomic E-state index is 0.0699. The van der Waals surface area contributed by atoms with Crippen LogP contribution in [0, 0.1) is 25.2 Å². The van der Waals surface area contributed by atoms with Crippen molar-refractivity contribution in [2.75, 3.05) is 13.7 Å². The Kier molecular flexibility index (Phi) is 7.45. The molecule has 1 aromatic carbocycles. The van der Waals surface area contributed by atoms with Crippen LogP contribution < -0.4 is 5.32 Å². The predicted molar refractivity (Wildman–Crippen MR) is 112 cm³/mol. The lowest BCUT2D eigenvalue weighted by atomic mass is 10.1. The fourth-order valence-corrected chi connectivity index (χ4v) is 3.48. The average Bonchev–Trinajstić information content (AvgIpc) is 2.93. The van der Waals surface area contributed by atoms with Gasteiger partial charge in [0.15, 0.2) is 0 Å². The number of nitriles is 1. The van der Waals surface area contributed by atoms with Crippen LogP contribution in [0.3, 0.4) is 0 Å². The van der Waals surface area contributed by atoms with Gasteiger partial charge in [-0.25, -0.2) is 0 Å². The first-order valence-electron chi connectivity index (χ1n) is 9.14. The van der Waals surface area contributed by atoms with Crippen molar-refractivity contribution >= 4 is 23.6 Å². The molecule has 0 aliphatic carbocycles. The van der Waals surface area contributed by atoms with Crippen molar-refractivity contribution in [2.24, 2.45) is 0 Å². The van der Waals surface area contributed by atoms with E-state index in [-0.39, 0.29) is 17.7 Å². The number of methoxy groups -OCH3 is 1. The van der Waals surface area contributed by atoms with Crippen molar-refractivity contribution in [3.8, 4) is 6.07 Å². The SMILES string of the molecule is COCC(C)n1c(C)cc(/C=C(\C#N)C(=O)NC(C)c2ccc(Cl)cc2)c1C. The molecule has 1 aromatic heterocycles. The number of aryl methyl sites for hydroxylation is 1. The summed E-state index contributed by atoms with van der Waals surface area (Å²) in [6.07, 6.45) is 1.64. The lowest BCUT2D eigenvalue weighted by molar-refractivity contribution is -0.117. The van der Waals surface area contributed by atoms with Gasteiger partial charge in [0.2, 0.25) is 0 Å². The van der Waals surface area contributed by atoms with Crippen LogP contribution in [0.2, 0.25) is 5.02 Å². The summed E-state index contributed by atoms with van der Waals surface area (Å²) in [5.41, 5.74) is 3.89. The van der Waals surface area contributed by atoms with Crippen molar-refractivity contribution in [2.45, 2.75) is 39.8 Å². The third-order valence-electron chi connectivity index (χ3n) is 4.75. The normalized spacial score (nSPS) is 13.7. The molecule has 0 spiro atoms. The molecular formula is C22H26ClN3O2. The van der Waals surface area contributed by atoms with Gasteiger partial charge in [-0.15, -0.1) is 0 Å². The molecule has 1 heterocycles. The van der Waals surface area contributed by atoms with Crippen LogP contribution in [-0.2, 0) is 9.53 Å². The van der Waals surface area contributed by atoms with Gasteiger partial charge < -0.3 is 14.6 Å². The predicted octanol–water partition coefficient (Wildman–Crippen LogP) is 4.75. The zero-order valence-electron chi connectivity index (χ0n) is 16.9. The summed E-state index contributed by atoms with van der Waals surface area (Å²) < 4.78 is 7.40. The number of nitrogens with zero attached hydrogens (tertiary/aromatic N) is 2. The van der Waals surface area contributed by atoms with Gasteiger partial charge in [-0.05, 0) is 63.1 Å². The van der Waals surface area contributed by atoms with Crippen LogP contribution >= 0.6 is 11.6 Å². The maximum absolute atomic E-state index is 12.6. The molecule has 1 amide bonds. The minimum atomic E-state index is -0.403. The number of rotatable bonds is 7. The lowest BCUT2D eigenvalue weighted by Crippen LogP contribution is -2.27. The molecule has 2 aromatic rings. The molecule has 0 saturated heterocycles. The van der Waals surface area contributed by atoms with E-state index < -0.39 is 5.91 Å². The van der Waals surface area contributed by atoms with Crippen LogP contribution in [0.4, 0.5) is 0 Å². The molecule has 6 heteroatoms. The van der Waals surface area contributed by atoms with E-state index in [1.54, 1.807) is 25.3 Å². The van der Waals surface area contributed by atoms with Gasteiger partial charge in [-0.3, -0.25) is 4.79 Å². The third-order valence-corrected chi connectivity index (χ3v) is 5.01. The van der Waals surface area contributed by atoms with Crippen molar-refractivity contribution < 1.29 is 9.53 Å². The quantitative estimate of drug-likeness (QED) is 0.539. The molecule has 5 nitrogen and oxygen atoms in total. The van der Waals surface area contributed by atoms with Crippen LogP contribution in [0.1, 0.15) is 48.4 Å². The highest BCUT2D eigenvalue weighted by Crippen LogP contribution is 2.23. The number of benzene rings is 1. The largest absolute Gasteiger partial charge is 0.383 e. The Morgan fingerprint density at radius 1 is 1.32 bits per heavy atom. The Morgan fingerprint density at radius 3 is 2.54 bits per heavy atom. The zero-order valence-corrected chi connectivity index (χ0v) is 17.7. The fourth-order valence-electron chi connectivity index (χ4n) is 3.36. The molecule has 2 atom stereocenters. The summed E-state index contributed by atoms with van der Waals surface area (Å²) in [7, 11) is 1.67. The molecule has 0 radical (unpaired) electrons. The molecule has 28 heavy (non-hydrogen) atoms. The third kappa shape index (κ3) is 5.03. The van der Waals surface area contributed by atoms with Gasteiger partial charge in [0.1, 0.15) is 11.6 Å². The molecule has 1 N–H and O–H groups in total. The molecule has 0 aliphatic heterocycles. The molecule has 0 bridgehead atoms. The maximum atomic E-state index is 12.6. The highest BCUT2D eigenvalue weighted by molar-refractivity contribution is 6.30. The van der Waals surface area contributed by atoms with Crippen molar-refractivity contribution in [1.82, 2.24) is 9.88 Å². The summed E-state index contributed by atoms with van der Waals surface area (Å²) in [6.45, 7) is 8.51. The maximum Gasteiger partial charge on any atom is 0.262 e.